The van der Waals surface area contributed by atoms with Crippen LogP contribution in [0.15, 0.2) is 24.3 Å². The first kappa shape index (κ1) is 27.9. The highest BCUT2D eigenvalue weighted by Gasteiger charge is 2.30. The molecule has 7 N–H and O–H groups in total. The van der Waals surface area contributed by atoms with E-state index >= 15 is 0 Å². The lowest BCUT2D eigenvalue weighted by atomic mass is 9.91. The van der Waals surface area contributed by atoms with Crippen LogP contribution in [-0.4, -0.2) is 70.4 Å². The summed E-state index contributed by atoms with van der Waals surface area (Å²) in [5.74, 6) is -1.53. The first-order valence-electron chi connectivity index (χ1n) is 11.9. The predicted octanol–water partition coefficient (Wildman–Crippen LogP) is 0.495. The Morgan fingerprint density at radius 2 is 1.71 bits per heavy atom. The van der Waals surface area contributed by atoms with Crippen LogP contribution in [0.5, 0.6) is 5.75 Å². The molecule has 4 amide bonds. The first-order valence-corrected chi connectivity index (χ1v) is 11.9. The average Bonchev–Trinajstić information content (AvgIpc) is 2.79. The maximum atomic E-state index is 13.0. The maximum Gasteiger partial charge on any atom is 0.405 e. The molecule has 0 radical (unpaired) electrons. The number of aliphatic hydroxyl groups excluding tert-OH is 1. The number of nitrogens with one attached hydrogen (secondary N) is 4. The topological polar surface area (TPSA) is 177 Å². The zero-order valence-electron chi connectivity index (χ0n) is 20.1. The van der Waals surface area contributed by atoms with E-state index in [0.29, 0.717) is 24.9 Å². The van der Waals surface area contributed by atoms with Crippen molar-refractivity contribution in [3.05, 3.63) is 29.8 Å². The van der Waals surface area contributed by atoms with Gasteiger partial charge in [-0.1, -0.05) is 26.0 Å². The molecule has 1 heterocycles. The SMILES string of the molecule is CC(C)C[C@H](NC(=O)[C@H](Cc1ccc(O)cc1)NC(=O)O)C(=O)N[C@H](CO)C[C@@H]1CCCNC1=O. The van der Waals surface area contributed by atoms with E-state index in [-0.39, 0.29) is 42.9 Å². The van der Waals surface area contributed by atoms with Crippen molar-refractivity contribution in [3.8, 4) is 5.75 Å². The van der Waals surface area contributed by atoms with Gasteiger partial charge in [-0.05, 0) is 49.3 Å². The van der Waals surface area contributed by atoms with E-state index in [9.17, 15) is 34.5 Å². The van der Waals surface area contributed by atoms with Crippen LogP contribution in [0.25, 0.3) is 0 Å². The summed E-state index contributed by atoms with van der Waals surface area (Å²) in [6.07, 6.45) is 0.696. The Morgan fingerprint density at radius 1 is 1.06 bits per heavy atom. The second-order valence-electron chi connectivity index (χ2n) is 9.32. The second kappa shape index (κ2) is 13.5. The number of carboxylic acid groups (broad SMARTS) is 1. The summed E-state index contributed by atoms with van der Waals surface area (Å²) >= 11 is 0. The first-order chi connectivity index (χ1) is 16.6. The van der Waals surface area contributed by atoms with Crippen LogP contribution < -0.4 is 21.3 Å². The Morgan fingerprint density at radius 3 is 2.29 bits per heavy atom. The number of piperidine rings is 1. The molecular formula is C24H36N4O7. The molecule has 11 heteroatoms. The van der Waals surface area contributed by atoms with Crippen molar-refractivity contribution in [2.75, 3.05) is 13.2 Å². The fourth-order valence-corrected chi connectivity index (χ4v) is 4.09. The molecule has 1 fully saturated rings. The van der Waals surface area contributed by atoms with Crippen LogP contribution in [0.3, 0.4) is 0 Å². The highest BCUT2D eigenvalue weighted by molar-refractivity contribution is 5.91. The average molecular weight is 493 g/mol. The molecule has 0 aliphatic carbocycles. The molecule has 1 saturated heterocycles. The quantitative estimate of drug-likeness (QED) is 0.222. The predicted molar refractivity (Wildman–Crippen MR) is 128 cm³/mol. The Bertz CT molecular complexity index is 875. The lowest BCUT2D eigenvalue weighted by molar-refractivity contribution is -0.131. The van der Waals surface area contributed by atoms with Gasteiger partial charge in [0, 0.05) is 18.9 Å². The van der Waals surface area contributed by atoms with E-state index in [4.69, 9.17) is 0 Å². The van der Waals surface area contributed by atoms with Crippen LogP contribution in [0, 0.1) is 11.8 Å². The van der Waals surface area contributed by atoms with Crippen LogP contribution >= 0.6 is 0 Å². The monoisotopic (exact) mass is 492 g/mol. The number of benzene rings is 1. The largest absolute Gasteiger partial charge is 0.508 e. The number of amides is 4. The van der Waals surface area contributed by atoms with Gasteiger partial charge in [0.05, 0.1) is 12.6 Å². The molecule has 1 aromatic rings. The number of rotatable bonds is 12. The maximum absolute atomic E-state index is 13.0. The van der Waals surface area contributed by atoms with Crippen molar-refractivity contribution in [2.45, 2.75) is 64.1 Å². The summed E-state index contributed by atoms with van der Waals surface area (Å²) in [4.78, 5) is 49.4. The van der Waals surface area contributed by atoms with Gasteiger partial charge in [-0.25, -0.2) is 4.79 Å². The summed E-state index contributed by atoms with van der Waals surface area (Å²) in [5.41, 5.74) is 0.618. The number of aromatic hydroxyl groups is 1. The zero-order chi connectivity index (χ0) is 26.0. The Balaban J connectivity index is 2.08. The molecule has 0 aromatic heterocycles. The van der Waals surface area contributed by atoms with Gasteiger partial charge in [-0.15, -0.1) is 0 Å². The number of phenols is 1. The minimum atomic E-state index is -1.39. The minimum Gasteiger partial charge on any atom is -0.508 e. The third-order valence-electron chi connectivity index (χ3n) is 5.87. The molecule has 4 atom stereocenters. The number of hydrogen-bond donors (Lipinski definition) is 7. The molecule has 194 valence electrons. The van der Waals surface area contributed by atoms with E-state index in [1.54, 1.807) is 12.1 Å². The molecule has 2 rings (SSSR count). The van der Waals surface area contributed by atoms with Crippen LogP contribution in [0.1, 0.15) is 45.1 Å². The van der Waals surface area contributed by atoms with Crippen molar-refractivity contribution in [1.82, 2.24) is 21.3 Å². The van der Waals surface area contributed by atoms with Gasteiger partial charge in [0.2, 0.25) is 17.7 Å². The van der Waals surface area contributed by atoms with Gasteiger partial charge in [-0.2, -0.15) is 0 Å². The highest BCUT2D eigenvalue weighted by Crippen LogP contribution is 2.18. The van der Waals surface area contributed by atoms with Crippen LogP contribution in [0.4, 0.5) is 4.79 Å². The Kier molecular flexibility index (Phi) is 10.8. The third-order valence-corrected chi connectivity index (χ3v) is 5.87. The lowest BCUT2D eigenvalue weighted by Gasteiger charge is -2.28. The minimum absolute atomic E-state index is 0.0183. The van der Waals surface area contributed by atoms with Gasteiger partial charge < -0.3 is 36.6 Å². The molecule has 0 bridgehead atoms. The van der Waals surface area contributed by atoms with Gasteiger partial charge in [0.15, 0.2) is 0 Å². The van der Waals surface area contributed by atoms with Crippen molar-refractivity contribution >= 4 is 23.8 Å². The molecule has 0 saturated carbocycles. The lowest BCUT2D eigenvalue weighted by Crippen LogP contribution is -2.56. The fraction of sp³-hybridized carbons (Fsp3) is 0.583. The molecule has 1 aliphatic heterocycles. The van der Waals surface area contributed by atoms with Gasteiger partial charge in [0.1, 0.15) is 17.8 Å². The number of aliphatic hydroxyl groups is 1. The molecule has 0 unspecified atom stereocenters. The van der Waals surface area contributed by atoms with Gasteiger partial charge >= 0.3 is 6.09 Å². The Labute approximate surface area is 204 Å². The molecule has 1 aliphatic rings. The standard InChI is InChI=1S/C24H36N4O7/c1-14(2)10-19(22(32)26-17(13-29)12-16-4-3-9-25-21(16)31)27-23(33)20(28-24(34)35)11-15-5-7-18(30)8-6-15/h5-8,14,16-17,19-20,28-30H,3-4,9-13H2,1-2H3,(H,25,31)(H,26,32)(H,27,33)(H,34,35)/t16-,17-,19-,20-/m0/s1. The van der Waals surface area contributed by atoms with Crippen LogP contribution in [0.2, 0.25) is 0 Å². The number of hydrogen-bond acceptors (Lipinski definition) is 6. The highest BCUT2D eigenvalue weighted by atomic mass is 16.4. The number of phenolic OH excluding ortho intramolecular Hbond substituents is 1. The van der Waals surface area contributed by atoms with Crippen molar-refractivity contribution in [1.29, 1.82) is 0 Å². The van der Waals surface area contributed by atoms with Gasteiger partial charge in [0.25, 0.3) is 0 Å². The third kappa shape index (κ3) is 9.44. The van der Waals surface area contributed by atoms with E-state index in [1.807, 2.05) is 13.8 Å². The van der Waals surface area contributed by atoms with E-state index in [1.165, 1.54) is 12.1 Å². The van der Waals surface area contributed by atoms with Crippen molar-refractivity contribution in [3.63, 3.8) is 0 Å². The summed E-state index contributed by atoms with van der Waals surface area (Å²) in [6, 6.07) is 3.22. The van der Waals surface area contributed by atoms with Crippen molar-refractivity contribution < 1.29 is 34.5 Å². The van der Waals surface area contributed by atoms with Gasteiger partial charge in [-0.3, -0.25) is 14.4 Å². The summed E-state index contributed by atoms with van der Waals surface area (Å²) in [7, 11) is 0. The molecular weight excluding hydrogens is 456 g/mol. The fourth-order valence-electron chi connectivity index (χ4n) is 4.09. The second-order valence-corrected chi connectivity index (χ2v) is 9.32. The molecule has 1 aromatic carbocycles. The summed E-state index contributed by atoms with van der Waals surface area (Å²) < 4.78 is 0. The number of carbonyl (C=O) groups excluding carboxylic acids is 3. The molecule has 35 heavy (non-hydrogen) atoms. The van der Waals surface area contributed by atoms with E-state index in [2.05, 4.69) is 21.3 Å². The zero-order valence-corrected chi connectivity index (χ0v) is 20.1. The van der Waals surface area contributed by atoms with Crippen LogP contribution in [-0.2, 0) is 20.8 Å². The normalized spacial score (nSPS) is 18.2. The molecule has 0 spiro atoms. The van der Waals surface area contributed by atoms with E-state index < -0.39 is 36.0 Å². The summed E-state index contributed by atoms with van der Waals surface area (Å²) in [6.45, 7) is 4.02. The Hall–Kier alpha value is -3.34. The van der Waals surface area contributed by atoms with Crippen molar-refractivity contribution in [2.24, 2.45) is 11.8 Å². The smallest absolute Gasteiger partial charge is 0.405 e. The summed E-state index contributed by atoms with van der Waals surface area (Å²) in [5, 5.41) is 38.8. The number of carbonyl (C=O) groups is 4. The molecule has 11 nitrogen and oxygen atoms in total. The van der Waals surface area contributed by atoms with E-state index in [0.717, 1.165) is 6.42 Å².